The third-order valence-electron chi connectivity index (χ3n) is 2.72. The summed E-state index contributed by atoms with van der Waals surface area (Å²) in [5.41, 5.74) is 1.30. The molecule has 0 aliphatic heterocycles. The summed E-state index contributed by atoms with van der Waals surface area (Å²) in [5, 5.41) is 0. The van der Waals surface area contributed by atoms with Gasteiger partial charge in [-0.15, -0.1) is 0 Å². The van der Waals surface area contributed by atoms with Crippen molar-refractivity contribution in [3.8, 4) is 0 Å². The minimum atomic E-state index is -0.133. The average molecular weight is 164 g/mol. The summed E-state index contributed by atoms with van der Waals surface area (Å²) >= 11 is 0. The summed E-state index contributed by atoms with van der Waals surface area (Å²) < 4.78 is 12.5. The summed E-state index contributed by atoms with van der Waals surface area (Å²) in [6, 6.07) is 6.92. The van der Waals surface area contributed by atoms with Crippen molar-refractivity contribution < 1.29 is 4.39 Å². The summed E-state index contributed by atoms with van der Waals surface area (Å²) in [5.74, 6) is 1.42. The molecule has 0 radical (unpaired) electrons. The highest BCUT2D eigenvalue weighted by Crippen LogP contribution is 2.40. The molecule has 0 saturated heterocycles. The molecule has 0 aromatic heterocycles. The second-order valence-corrected chi connectivity index (χ2v) is 3.83. The molecule has 0 nitrogen and oxygen atoms in total. The Labute approximate surface area is 72.4 Å². The highest BCUT2D eigenvalue weighted by Gasteiger charge is 2.26. The first-order valence-electron chi connectivity index (χ1n) is 4.51. The van der Waals surface area contributed by atoms with E-state index in [0.29, 0.717) is 5.92 Å². The number of halogens is 1. The molecule has 0 heterocycles. The topological polar surface area (TPSA) is 0 Å². The zero-order valence-corrected chi connectivity index (χ0v) is 7.26. The first-order chi connectivity index (χ1) is 5.75. The van der Waals surface area contributed by atoms with Crippen LogP contribution in [0.25, 0.3) is 0 Å². The first kappa shape index (κ1) is 7.78. The normalized spacial score (nSPS) is 28.2. The van der Waals surface area contributed by atoms with Crippen molar-refractivity contribution >= 4 is 0 Å². The largest absolute Gasteiger partial charge is 0.207 e. The fourth-order valence-corrected chi connectivity index (χ4v) is 1.91. The molecule has 0 N–H and O–H groups in total. The third kappa shape index (κ3) is 1.36. The Kier molecular flexibility index (Phi) is 1.87. The molecule has 12 heavy (non-hydrogen) atoms. The van der Waals surface area contributed by atoms with Gasteiger partial charge in [0, 0.05) is 0 Å². The van der Waals surface area contributed by atoms with Gasteiger partial charge in [0.05, 0.1) is 0 Å². The van der Waals surface area contributed by atoms with Crippen molar-refractivity contribution in [2.24, 2.45) is 5.92 Å². The van der Waals surface area contributed by atoms with Crippen LogP contribution in [0.1, 0.15) is 31.2 Å². The van der Waals surface area contributed by atoms with E-state index < -0.39 is 0 Å². The lowest BCUT2D eigenvalue weighted by Crippen LogP contribution is -2.18. The highest BCUT2D eigenvalue weighted by atomic mass is 19.1. The Balaban J connectivity index is 2.09. The van der Waals surface area contributed by atoms with Crippen molar-refractivity contribution in [2.45, 2.75) is 25.7 Å². The van der Waals surface area contributed by atoms with E-state index in [1.54, 1.807) is 12.1 Å². The molecular weight excluding hydrogens is 151 g/mol. The molecule has 2 rings (SSSR count). The molecule has 1 aromatic carbocycles. The summed E-state index contributed by atoms with van der Waals surface area (Å²) in [6.45, 7) is 2.26. The van der Waals surface area contributed by atoms with Crippen LogP contribution in [0.3, 0.4) is 0 Å². The third-order valence-corrected chi connectivity index (χ3v) is 2.72. The molecule has 64 valence electrons. The standard InChI is InChI=1S/C11H13F/c1-8-6-10(7-8)9-2-4-11(12)5-3-9/h2-5,8,10H,6-7H2,1H3/t8-,10-. The van der Waals surface area contributed by atoms with Crippen molar-refractivity contribution in [1.82, 2.24) is 0 Å². The first-order valence-corrected chi connectivity index (χ1v) is 4.51. The van der Waals surface area contributed by atoms with Crippen LogP contribution in [0.15, 0.2) is 24.3 Å². The van der Waals surface area contributed by atoms with E-state index in [4.69, 9.17) is 0 Å². The van der Waals surface area contributed by atoms with Gasteiger partial charge in [0.2, 0.25) is 0 Å². The van der Waals surface area contributed by atoms with Gasteiger partial charge in [-0.3, -0.25) is 0 Å². The van der Waals surface area contributed by atoms with Crippen LogP contribution in [-0.2, 0) is 0 Å². The fourth-order valence-electron chi connectivity index (χ4n) is 1.91. The van der Waals surface area contributed by atoms with E-state index >= 15 is 0 Å². The maximum Gasteiger partial charge on any atom is 0.123 e. The van der Waals surface area contributed by atoms with Crippen molar-refractivity contribution in [3.63, 3.8) is 0 Å². The fraction of sp³-hybridized carbons (Fsp3) is 0.455. The van der Waals surface area contributed by atoms with Crippen LogP contribution in [0.4, 0.5) is 4.39 Å². The Bertz CT molecular complexity index is 257. The molecule has 0 spiro atoms. The van der Waals surface area contributed by atoms with Gasteiger partial charge in [0.15, 0.2) is 0 Å². The van der Waals surface area contributed by atoms with Crippen LogP contribution in [0.5, 0.6) is 0 Å². The molecule has 1 fully saturated rings. The molecule has 0 bridgehead atoms. The van der Waals surface area contributed by atoms with Gasteiger partial charge < -0.3 is 0 Å². The predicted molar refractivity (Wildman–Crippen MR) is 47.5 cm³/mol. The molecule has 1 aliphatic rings. The lowest BCUT2D eigenvalue weighted by Gasteiger charge is -2.32. The molecule has 1 saturated carbocycles. The summed E-state index contributed by atoms with van der Waals surface area (Å²) in [7, 11) is 0. The van der Waals surface area contributed by atoms with Crippen LogP contribution in [0, 0.1) is 11.7 Å². The van der Waals surface area contributed by atoms with E-state index in [1.165, 1.54) is 18.4 Å². The van der Waals surface area contributed by atoms with Crippen molar-refractivity contribution in [1.29, 1.82) is 0 Å². The van der Waals surface area contributed by atoms with Crippen molar-refractivity contribution in [3.05, 3.63) is 35.6 Å². The van der Waals surface area contributed by atoms with Gasteiger partial charge in [0.1, 0.15) is 5.82 Å². The van der Waals surface area contributed by atoms with Crippen molar-refractivity contribution in [2.75, 3.05) is 0 Å². The number of hydrogen-bond acceptors (Lipinski definition) is 0. The number of rotatable bonds is 1. The van der Waals surface area contributed by atoms with Gasteiger partial charge in [-0.05, 0) is 42.4 Å². The minimum Gasteiger partial charge on any atom is -0.207 e. The van der Waals surface area contributed by atoms with Gasteiger partial charge >= 0.3 is 0 Å². The summed E-state index contributed by atoms with van der Waals surface area (Å²) in [4.78, 5) is 0. The van der Waals surface area contributed by atoms with E-state index in [0.717, 1.165) is 5.92 Å². The van der Waals surface area contributed by atoms with Gasteiger partial charge in [-0.25, -0.2) is 4.39 Å². The van der Waals surface area contributed by atoms with Crippen LogP contribution in [0.2, 0.25) is 0 Å². The Morgan fingerprint density at radius 3 is 2.25 bits per heavy atom. The molecular formula is C11H13F. The molecule has 0 amide bonds. The monoisotopic (exact) mass is 164 g/mol. The zero-order valence-electron chi connectivity index (χ0n) is 7.26. The second kappa shape index (κ2) is 2.89. The molecule has 0 unspecified atom stereocenters. The SMILES string of the molecule is C[C@H]1C[C@H](c2ccc(F)cc2)C1. The van der Waals surface area contributed by atoms with E-state index in [-0.39, 0.29) is 5.82 Å². The summed E-state index contributed by atoms with van der Waals surface area (Å²) in [6.07, 6.45) is 2.54. The zero-order chi connectivity index (χ0) is 8.55. The van der Waals surface area contributed by atoms with Crippen LogP contribution >= 0.6 is 0 Å². The van der Waals surface area contributed by atoms with E-state index in [9.17, 15) is 4.39 Å². The number of benzene rings is 1. The van der Waals surface area contributed by atoms with Gasteiger partial charge in [-0.2, -0.15) is 0 Å². The Morgan fingerprint density at radius 1 is 1.17 bits per heavy atom. The molecule has 0 atom stereocenters. The van der Waals surface area contributed by atoms with Crippen LogP contribution in [-0.4, -0.2) is 0 Å². The number of hydrogen-bond donors (Lipinski definition) is 0. The predicted octanol–water partition coefficient (Wildman–Crippen LogP) is 3.34. The lowest BCUT2D eigenvalue weighted by atomic mass is 9.72. The minimum absolute atomic E-state index is 0.133. The lowest BCUT2D eigenvalue weighted by molar-refractivity contribution is 0.288. The van der Waals surface area contributed by atoms with E-state index in [1.807, 2.05) is 12.1 Å². The quantitative estimate of drug-likeness (QED) is 0.597. The Hall–Kier alpha value is -0.850. The Morgan fingerprint density at radius 2 is 1.75 bits per heavy atom. The molecule has 1 aromatic rings. The average Bonchev–Trinajstić information content (AvgIpc) is 2.01. The molecule has 1 aliphatic carbocycles. The second-order valence-electron chi connectivity index (χ2n) is 3.83. The van der Waals surface area contributed by atoms with Gasteiger partial charge in [-0.1, -0.05) is 19.1 Å². The highest BCUT2D eigenvalue weighted by molar-refractivity contribution is 5.22. The van der Waals surface area contributed by atoms with Gasteiger partial charge in [0.25, 0.3) is 0 Å². The smallest absolute Gasteiger partial charge is 0.123 e. The maximum atomic E-state index is 12.5. The maximum absolute atomic E-state index is 12.5. The molecule has 1 heteroatoms. The van der Waals surface area contributed by atoms with Crippen LogP contribution < -0.4 is 0 Å². The van der Waals surface area contributed by atoms with E-state index in [2.05, 4.69) is 6.92 Å².